The van der Waals surface area contributed by atoms with Gasteiger partial charge in [0.1, 0.15) is 16.5 Å². The van der Waals surface area contributed by atoms with Gasteiger partial charge >= 0.3 is 0 Å². The zero-order valence-electron chi connectivity index (χ0n) is 13.3. The number of aromatic nitrogens is 2. The minimum atomic E-state index is -4.23. The number of nitrogens with zero attached hydrogens (tertiary/aromatic N) is 2. The van der Waals surface area contributed by atoms with Crippen LogP contribution in [0.4, 0.5) is 14.5 Å². The number of aryl methyl sites for hydroxylation is 1. The van der Waals surface area contributed by atoms with Gasteiger partial charge < -0.3 is 4.57 Å². The molecule has 0 atom stereocenters. The molecule has 0 saturated heterocycles. The fraction of sp³-hybridized carbons (Fsp3) is 0.118. The largest absolute Gasteiger partial charge is 0.325 e. The number of rotatable bonds is 4. The van der Waals surface area contributed by atoms with Gasteiger partial charge in [-0.1, -0.05) is 23.9 Å². The van der Waals surface area contributed by atoms with Gasteiger partial charge in [-0.05, 0) is 30.3 Å². The van der Waals surface area contributed by atoms with Gasteiger partial charge in [-0.2, -0.15) is 0 Å². The number of imidazole rings is 1. The van der Waals surface area contributed by atoms with Crippen LogP contribution in [-0.2, 0) is 16.6 Å². The van der Waals surface area contributed by atoms with E-state index in [0.29, 0.717) is 6.07 Å². The zero-order valence-corrected chi connectivity index (χ0v) is 14.9. The van der Waals surface area contributed by atoms with Crippen LogP contribution in [0.1, 0.15) is 0 Å². The van der Waals surface area contributed by atoms with E-state index in [9.17, 15) is 17.2 Å². The number of halogens is 2. The Hall–Kier alpha value is -2.39. The molecule has 0 unspecified atom stereocenters. The Balaban J connectivity index is 1.58. The number of benzene rings is 2. The molecule has 26 heavy (non-hydrogen) atoms. The summed E-state index contributed by atoms with van der Waals surface area (Å²) in [7, 11) is -4.23. The summed E-state index contributed by atoms with van der Waals surface area (Å²) in [4.78, 5) is 3.80. The van der Waals surface area contributed by atoms with E-state index in [1.807, 2.05) is 6.20 Å². The van der Waals surface area contributed by atoms with E-state index in [-0.39, 0.29) is 5.69 Å². The van der Waals surface area contributed by atoms with E-state index in [4.69, 9.17) is 0 Å². The van der Waals surface area contributed by atoms with Gasteiger partial charge in [-0.25, -0.2) is 22.2 Å². The fourth-order valence-corrected chi connectivity index (χ4v) is 4.74. The van der Waals surface area contributed by atoms with Crippen LogP contribution in [0.15, 0.2) is 58.7 Å². The van der Waals surface area contributed by atoms with Crippen molar-refractivity contribution in [2.45, 2.75) is 16.6 Å². The van der Waals surface area contributed by atoms with Crippen molar-refractivity contribution < 1.29 is 17.2 Å². The van der Waals surface area contributed by atoms with Crippen molar-refractivity contribution in [3.8, 4) is 11.3 Å². The second-order valence-corrected chi connectivity index (χ2v) is 8.42. The lowest BCUT2D eigenvalue weighted by Gasteiger charge is -2.09. The normalized spacial score (nSPS) is 13.6. The minimum Gasteiger partial charge on any atom is -0.325 e. The Morgan fingerprint density at radius 3 is 2.62 bits per heavy atom. The van der Waals surface area contributed by atoms with Gasteiger partial charge in [-0.3, -0.25) is 4.72 Å². The van der Waals surface area contributed by atoms with Gasteiger partial charge in [-0.15, -0.1) is 0 Å². The average Bonchev–Trinajstić information content (AvgIpc) is 3.19. The number of nitrogens with one attached hydrogen (secondary N) is 1. The van der Waals surface area contributed by atoms with E-state index < -0.39 is 26.6 Å². The fourth-order valence-electron chi connectivity index (χ4n) is 2.65. The summed E-state index contributed by atoms with van der Waals surface area (Å²) < 4.78 is 55.9. The molecule has 0 aliphatic carbocycles. The van der Waals surface area contributed by atoms with Crippen molar-refractivity contribution in [1.82, 2.24) is 9.55 Å². The van der Waals surface area contributed by atoms with Gasteiger partial charge in [0.2, 0.25) is 0 Å². The van der Waals surface area contributed by atoms with Crippen LogP contribution in [0.25, 0.3) is 11.3 Å². The maximum Gasteiger partial charge on any atom is 0.264 e. The summed E-state index contributed by atoms with van der Waals surface area (Å²) in [6.07, 6.45) is 1.95. The van der Waals surface area contributed by atoms with Crippen LogP contribution < -0.4 is 4.72 Å². The molecule has 0 fully saturated rings. The van der Waals surface area contributed by atoms with E-state index >= 15 is 0 Å². The topological polar surface area (TPSA) is 64.0 Å². The van der Waals surface area contributed by atoms with Gasteiger partial charge in [0.05, 0.1) is 5.69 Å². The number of fused-ring (bicyclic) bond motifs is 1. The van der Waals surface area contributed by atoms with Crippen LogP contribution in [0, 0.1) is 11.6 Å². The molecule has 0 saturated carbocycles. The highest BCUT2D eigenvalue weighted by Gasteiger charge is 2.20. The molecule has 0 amide bonds. The number of hydrogen-bond acceptors (Lipinski definition) is 4. The van der Waals surface area contributed by atoms with Crippen molar-refractivity contribution in [3.63, 3.8) is 0 Å². The molecule has 0 spiro atoms. The summed E-state index contributed by atoms with van der Waals surface area (Å²) in [5.74, 6) is -0.826. The molecule has 4 rings (SSSR count). The lowest BCUT2D eigenvalue weighted by Crippen LogP contribution is -2.14. The molecule has 2 heterocycles. The lowest BCUT2D eigenvalue weighted by molar-refractivity contribution is 0.555. The summed E-state index contributed by atoms with van der Waals surface area (Å²) in [5, 5.41) is 0.964. The van der Waals surface area contributed by atoms with E-state index in [0.717, 1.165) is 40.8 Å². The quantitative estimate of drug-likeness (QED) is 0.734. The Kier molecular flexibility index (Phi) is 4.20. The second kappa shape index (κ2) is 6.40. The molecule has 0 radical (unpaired) electrons. The summed E-state index contributed by atoms with van der Waals surface area (Å²) >= 11 is 1.69. The van der Waals surface area contributed by atoms with E-state index in [2.05, 4.69) is 14.3 Å². The average molecular weight is 393 g/mol. The number of sulfonamides is 1. The maximum absolute atomic E-state index is 13.7. The van der Waals surface area contributed by atoms with E-state index in [1.165, 1.54) is 0 Å². The Morgan fingerprint density at radius 2 is 1.88 bits per heavy atom. The highest BCUT2D eigenvalue weighted by molar-refractivity contribution is 7.99. The lowest BCUT2D eigenvalue weighted by atomic mass is 10.1. The van der Waals surface area contributed by atoms with Crippen LogP contribution in [0.3, 0.4) is 0 Å². The van der Waals surface area contributed by atoms with Crippen molar-refractivity contribution in [2.24, 2.45) is 0 Å². The molecule has 2 aromatic carbocycles. The number of anilines is 1. The molecular formula is C17H13F2N3O2S2. The Bertz CT molecular complexity index is 1060. The highest BCUT2D eigenvalue weighted by Crippen LogP contribution is 2.29. The second-order valence-electron chi connectivity index (χ2n) is 5.71. The third-order valence-electron chi connectivity index (χ3n) is 3.92. The zero-order chi connectivity index (χ0) is 18.3. The van der Waals surface area contributed by atoms with E-state index in [1.54, 1.807) is 36.0 Å². The first-order chi connectivity index (χ1) is 12.4. The van der Waals surface area contributed by atoms with Crippen molar-refractivity contribution in [1.29, 1.82) is 0 Å². The molecule has 1 aliphatic heterocycles. The summed E-state index contributed by atoms with van der Waals surface area (Å²) in [6, 6.07) is 8.86. The van der Waals surface area contributed by atoms with Crippen molar-refractivity contribution in [2.75, 3.05) is 10.5 Å². The third-order valence-corrected chi connectivity index (χ3v) is 6.29. The molecule has 0 bridgehead atoms. The standard InChI is InChI=1S/C17H13F2N3O2S2/c18-12-3-6-14(19)16(9-12)26(23,24)21-13-4-1-11(2-5-13)15-10-22-7-8-25-17(22)20-15/h1-6,9-10,21H,7-8H2. The predicted octanol–water partition coefficient (Wildman–Crippen LogP) is 3.73. The minimum absolute atomic E-state index is 0.249. The smallest absolute Gasteiger partial charge is 0.264 e. The van der Waals surface area contributed by atoms with Crippen LogP contribution >= 0.6 is 11.8 Å². The Labute approximate surface area is 153 Å². The van der Waals surface area contributed by atoms with Gasteiger partial charge in [0.15, 0.2) is 5.16 Å². The van der Waals surface area contributed by atoms with Gasteiger partial charge in [0, 0.05) is 29.7 Å². The first-order valence-electron chi connectivity index (χ1n) is 7.71. The molecule has 5 nitrogen and oxygen atoms in total. The van der Waals surface area contributed by atoms with Crippen molar-refractivity contribution in [3.05, 3.63) is 60.3 Å². The molecule has 1 aliphatic rings. The summed E-state index contributed by atoms with van der Waals surface area (Å²) in [5.41, 5.74) is 1.89. The third kappa shape index (κ3) is 3.19. The molecule has 3 aromatic rings. The first-order valence-corrected chi connectivity index (χ1v) is 10.2. The number of thioether (sulfide) groups is 1. The molecule has 134 valence electrons. The van der Waals surface area contributed by atoms with Crippen LogP contribution in [0.2, 0.25) is 0 Å². The molecular weight excluding hydrogens is 380 g/mol. The van der Waals surface area contributed by atoms with Crippen molar-refractivity contribution >= 4 is 27.5 Å². The van der Waals surface area contributed by atoms with Crippen LogP contribution in [-0.4, -0.2) is 23.7 Å². The first kappa shape index (κ1) is 17.0. The SMILES string of the molecule is O=S(=O)(Nc1ccc(-c2cn3c(n2)SCC3)cc1)c1cc(F)ccc1F. The number of hydrogen-bond donors (Lipinski definition) is 1. The molecule has 1 aromatic heterocycles. The molecule has 1 N–H and O–H groups in total. The predicted molar refractivity (Wildman–Crippen MR) is 95.6 cm³/mol. The highest BCUT2D eigenvalue weighted by atomic mass is 32.2. The Morgan fingerprint density at radius 1 is 1.12 bits per heavy atom. The monoisotopic (exact) mass is 393 g/mol. The summed E-state index contributed by atoms with van der Waals surface area (Å²) in [6.45, 7) is 0.921. The van der Waals surface area contributed by atoms with Crippen LogP contribution in [0.5, 0.6) is 0 Å². The maximum atomic E-state index is 13.7. The molecule has 9 heteroatoms. The van der Waals surface area contributed by atoms with Gasteiger partial charge in [0.25, 0.3) is 10.0 Å².